The molecule has 0 radical (unpaired) electrons. The summed E-state index contributed by atoms with van der Waals surface area (Å²) in [5.41, 5.74) is 0.593. The molecule has 0 atom stereocenters. The zero-order valence-electron chi connectivity index (χ0n) is 12.1. The van der Waals surface area contributed by atoms with Crippen LogP contribution >= 0.6 is 0 Å². The normalized spacial score (nSPS) is 10.5. The highest BCUT2D eigenvalue weighted by molar-refractivity contribution is 5.96. The molecule has 0 saturated carbocycles. The van der Waals surface area contributed by atoms with Crippen molar-refractivity contribution in [2.24, 2.45) is 0 Å². The van der Waals surface area contributed by atoms with E-state index in [4.69, 9.17) is 18.9 Å². The van der Waals surface area contributed by atoms with Gasteiger partial charge in [-0.3, -0.25) is 4.79 Å². The maximum atomic E-state index is 11.4. The highest BCUT2D eigenvalue weighted by Crippen LogP contribution is 2.17. The average molecular weight is 282 g/mol. The topological polar surface area (TPSA) is 54.0 Å². The van der Waals surface area contributed by atoms with E-state index >= 15 is 0 Å². The van der Waals surface area contributed by atoms with Crippen LogP contribution in [0.15, 0.2) is 24.3 Å². The predicted molar refractivity (Wildman–Crippen MR) is 75.5 cm³/mol. The van der Waals surface area contributed by atoms with Crippen molar-refractivity contribution in [3.8, 4) is 5.75 Å². The minimum Gasteiger partial charge on any atom is -0.490 e. The van der Waals surface area contributed by atoms with Gasteiger partial charge in [0.05, 0.1) is 38.6 Å². The fraction of sp³-hybridized carbons (Fsp3) is 0.533. The van der Waals surface area contributed by atoms with Gasteiger partial charge in [0.2, 0.25) is 0 Å². The molecule has 0 unspecified atom stereocenters. The van der Waals surface area contributed by atoms with E-state index in [1.807, 2.05) is 12.1 Å². The highest BCUT2D eigenvalue weighted by Gasteiger charge is 2.06. The molecule has 0 heterocycles. The molecule has 0 amide bonds. The Morgan fingerprint density at radius 2 is 1.55 bits per heavy atom. The van der Waals surface area contributed by atoms with Crippen LogP contribution in [0, 0.1) is 0 Å². The van der Waals surface area contributed by atoms with Crippen LogP contribution in [0.5, 0.6) is 5.75 Å². The molecular formula is C15H22O5. The Kier molecular flexibility index (Phi) is 8.62. The number of para-hydroxylation sites is 1. The average Bonchev–Trinajstić information content (AvgIpc) is 2.46. The lowest BCUT2D eigenvalue weighted by Crippen LogP contribution is -2.13. The van der Waals surface area contributed by atoms with Gasteiger partial charge in [0.25, 0.3) is 0 Å². The van der Waals surface area contributed by atoms with Crippen molar-refractivity contribution >= 4 is 5.78 Å². The summed E-state index contributed by atoms with van der Waals surface area (Å²) < 4.78 is 21.0. The van der Waals surface area contributed by atoms with Crippen LogP contribution in [-0.2, 0) is 14.2 Å². The van der Waals surface area contributed by atoms with E-state index in [9.17, 15) is 4.79 Å². The van der Waals surface area contributed by atoms with Crippen molar-refractivity contribution in [1.82, 2.24) is 0 Å². The van der Waals surface area contributed by atoms with Gasteiger partial charge in [-0.1, -0.05) is 12.1 Å². The molecule has 0 aromatic heterocycles. The minimum atomic E-state index is -0.00642. The first-order valence-electron chi connectivity index (χ1n) is 6.63. The number of carbonyl (C=O) groups excluding carboxylic acids is 1. The van der Waals surface area contributed by atoms with Crippen molar-refractivity contribution in [3.05, 3.63) is 29.8 Å². The number of hydrogen-bond donors (Lipinski definition) is 0. The molecule has 0 aliphatic carbocycles. The lowest BCUT2D eigenvalue weighted by atomic mass is 10.1. The van der Waals surface area contributed by atoms with Crippen LogP contribution in [0.25, 0.3) is 0 Å². The Morgan fingerprint density at radius 1 is 0.950 bits per heavy atom. The zero-order valence-corrected chi connectivity index (χ0v) is 12.1. The van der Waals surface area contributed by atoms with Crippen LogP contribution in [0.1, 0.15) is 17.3 Å². The smallest absolute Gasteiger partial charge is 0.163 e. The van der Waals surface area contributed by atoms with Gasteiger partial charge < -0.3 is 18.9 Å². The minimum absolute atomic E-state index is 0.00642. The summed E-state index contributed by atoms with van der Waals surface area (Å²) in [4.78, 5) is 11.4. The molecule has 0 saturated heterocycles. The molecule has 0 aliphatic heterocycles. The molecule has 5 heteroatoms. The summed E-state index contributed by atoms with van der Waals surface area (Å²) >= 11 is 0. The van der Waals surface area contributed by atoms with Crippen LogP contribution in [-0.4, -0.2) is 52.5 Å². The summed E-state index contributed by atoms with van der Waals surface area (Å²) in [6.45, 7) is 4.60. The Balaban J connectivity index is 2.11. The van der Waals surface area contributed by atoms with Crippen molar-refractivity contribution in [1.29, 1.82) is 0 Å². The number of benzene rings is 1. The quantitative estimate of drug-likeness (QED) is 0.458. The molecule has 0 aliphatic rings. The number of ketones is 1. The second kappa shape index (κ2) is 10.4. The van der Waals surface area contributed by atoms with E-state index in [-0.39, 0.29) is 5.78 Å². The first-order valence-corrected chi connectivity index (χ1v) is 6.63. The first-order chi connectivity index (χ1) is 9.75. The van der Waals surface area contributed by atoms with E-state index < -0.39 is 0 Å². The molecule has 20 heavy (non-hydrogen) atoms. The SMILES string of the molecule is COCCOCCOCCOc1ccccc1C(C)=O. The Morgan fingerprint density at radius 3 is 2.20 bits per heavy atom. The van der Waals surface area contributed by atoms with Crippen molar-refractivity contribution in [2.75, 3.05) is 46.8 Å². The van der Waals surface area contributed by atoms with Crippen LogP contribution in [0.2, 0.25) is 0 Å². The molecule has 0 spiro atoms. The number of methoxy groups -OCH3 is 1. The van der Waals surface area contributed by atoms with E-state index in [0.29, 0.717) is 51.0 Å². The third-order valence-electron chi connectivity index (χ3n) is 2.56. The maximum Gasteiger partial charge on any atom is 0.163 e. The molecule has 0 N–H and O–H groups in total. The van der Waals surface area contributed by atoms with Gasteiger partial charge >= 0.3 is 0 Å². The predicted octanol–water partition coefficient (Wildman–Crippen LogP) is 1.95. The fourth-order valence-electron chi connectivity index (χ4n) is 1.56. The maximum absolute atomic E-state index is 11.4. The molecule has 1 aromatic rings. The van der Waals surface area contributed by atoms with Crippen molar-refractivity contribution < 1.29 is 23.7 Å². The summed E-state index contributed by atoms with van der Waals surface area (Å²) in [6.07, 6.45) is 0. The number of rotatable bonds is 11. The van der Waals surface area contributed by atoms with Gasteiger partial charge in [-0.05, 0) is 19.1 Å². The van der Waals surface area contributed by atoms with Gasteiger partial charge in [-0.2, -0.15) is 0 Å². The van der Waals surface area contributed by atoms with Crippen LogP contribution < -0.4 is 4.74 Å². The lowest BCUT2D eigenvalue weighted by molar-refractivity contribution is 0.0179. The Bertz CT molecular complexity index is 392. The van der Waals surface area contributed by atoms with Crippen molar-refractivity contribution in [3.63, 3.8) is 0 Å². The van der Waals surface area contributed by atoms with Gasteiger partial charge in [0.15, 0.2) is 5.78 Å². The van der Waals surface area contributed by atoms with Gasteiger partial charge in [0.1, 0.15) is 12.4 Å². The molecule has 0 bridgehead atoms. The molecular weight excluding hydrogens is 260 g/mol. The van der Waals surface area contributed by atoms with Crippen molar-refractivity contribution in [2.45, 2.75) is 6.92 Å². The largest absolute Gasteiger partial charge is 0.490 e. The summed E-state index contributed by atoms with van der Waals surface area (Å²) in [5, 5.41) is 0. The van der Waals surface area contributed by atoms with E-state index in [2.05, 4.69) is 0 Å². The number of Topliss-reactive ketones (excluding diaryl/α,β-unsaturated/α-hetero) is 1. The first kappa shape index (κ1) is 16.6. The monoisotopic (exact) mass is 282 g/mol. The number of hydrogen-bond acceptors (Lipinski definition) is 5. The Hall–Kier alpha value is -1.43. The molecule has 112 valence electrons. The molecule has 5 nitrogen and oxygen atoms in total. The number of carbonyl (C=O) groups is 1. The van der Waals surface area contributed by atoms with Crippen LogP contribution in [0.4, 0.5) is 0 Å². The summed E-state index contributed by atoms with van der Waals surface area (Å²) in [6, 6.07) is 7.19. The zero-order chi connectivity index (χ0) is 14.6. The van der Waals surface area contributed by atoms with Gasteiger partial charge in [-0.15, -0.1) is 0 Å². The second-order valence-electron chi connectivity index (χ2n) is 4.12. The van der Waals surface area contributed by atoms with Gasteiger partial charge in [-0.25, -0.2) is 0 Å². The van der Waals surface area contributed by atoms with E-state index in [1.54, 1.807) is 19.2 Å². The standard InChI is InChI=1S/C15H22O5/c1-13(16)14-5-3-4-6-15(14)20-12-11-19-10-9-18-8-7-17-2/h3-6H,7-12H2,1-2H3. The van der Waals surface area contributed by atoms with E-state index in [1.165, 1.54) is 6.92 Å². The highest BCUT2D eigenvalue weighted by atomic mass is 16.6. The summed E-state index contributed by atoms with van der Waals surface area (Å²) in [5.74, 6) is 0.591. The van der Waals surface area contributed by atoms with E-state index in [0.717, 1.165) is 0 Å². The third kappa shape index (κ3) is 6.65. The second-order valence-corrected chi connectivity index (χ2v) is 4.12. The van der Waals surface area contributed by atoms with Gasteiger partial charge in [0, 0.05) is 7.11 Å². The molecule has 0 fully saturated rings. The third-order valence-corrected chi connectivity index (χ3v) is 2.56. The fourth-order valence-corrected chi connectivity index (χ4v) is 1.56. The molecule has 1 aromatic carbocycles. The lowest BCUT2D eigenvalue weighted by Gasteiger charge is -2.10. The Labute approximate surface area is 119 Å². The number of ether oxygens (including phenoxy) is 4. The van der Waals surface area contributed by atoms with Crippen LogP contribution in [0.3, 0.4) is 0 Å². The molecule has 1 rings (SSSR count). The summed E-state index contributed by atoms with van der Waals surface area (Å²) in [7, 11) is 1.64.